The van der Waals surface area contributed by atoms with Crippen molar-refractivity contribution in [2.45, 2.75) is 13.3 Å². The van der Waals surface area contributed by atoms with E-state index < -0.39 is 0 Å². The molecule has 0 spiro atoms. The molecule has 0 unspecified atom stereocenters. The molecule has 0 N–H and O–H groups in total. The second kappa shape index (κ2) is 5.01. The number of fused-ring (bicyclic) bond motifs is 1. The molecule has 0 bridgehead atoms. The van der Waals surface area contributed by atoms with Crippen molar-refractivity contribution in [1.29, 1.82) is 0 Å². The summed E-state index contributed by atoms with van der Waals surface area (Å²) in [6.07, 6.45) is 3.43. The van der Waals surface area contributed by atoms with E-state index in [0.29, 0.717) is 0 Å². The first-order chi connectivity index (χ1) is 10.3. The van der Waals surface area contributed by atoms with Gasteiger partial charge in [-0.2, -0.15) is 0 Å². The molecular formula is C20H16S. The lowest BCUT2D eigenvalue weighted by Gasteiger charge is -2.08. The van der Waals surface area contributed by atoms with E-state index in [1.807, 2.05) is 11.3 Å². The highest BCUT2D eigenvalue weighted by Gasteiger charge is 2.22. The molecule has 2 aromatic carbocycles. The van der Waals surface area contributed by atoms with E-state index >= 15 is 0 Å². The summed E-state index contributed by atoms with van der Waals surface area (Å²) in [6, 6.07) is 21.5. The van der Waals surface area contributed by atoms with Crippen LogP contribution in [0.4, 0.5) is 0 Å². The van der Waals surface area contributed by atoms with E-state index in [2.05, 4.69) is 73.7 Å². The molecule has 0 saturated heterocycles. The third kappa shape index (κ3) is 2.14. The Kier molecular flexibility index (Phi) is 3.01. The molecule has 1 heteroatoms. The number of benzene rings is 2. The molecule has 0 aliphatic heterocycles. The molecular weight excluding hydrogens is 272 g/mol. The average molecular weight is 288 g/mol. The highest BCUT2D eigenvalue weighted by atomic mass is 32.1. The van der Waals surface area contributed by atoms with Gasteiger partial charge in [-0.1, -0.05) is 66.2 Å². The standard InChI is InChI=1S/C20H16S/c1-14-12-17-18(13-14)21-20(16-10-6-3-7-11-16)19(17)15-8-4-2-5-9-15/h2-11,13H,12H2,1H3. The fraction of sp³-hybridized carbons (Fsp3) is 0.100. The molecule has 102 valence electrons. The molecule has 21 heavy (non-hydrogen) atoms. The maximum Gasteiger partial charge on any atom is 0.0430 e. The van der Waals surface area contributed by atoms with Gasteiger partial charge < -0.3 is 0 Å². The molecule has 0 fully saturated rings. The SMILES string of the molecule is CC1=Cc2sc(-c3ccccc3)c(-c3ccccc3)c2C1. The van der Waals surface area contributed by atoms with Crippen molar-refractivity contribution in [1.82, 2.24) is 0 Å². The van der Waals surface area contributed by atoms with Gasteiger partial charge in [0.1, 0.15) is 0 Å². The Labute approximate surface area is 129 Å². The maximum absolute atomic E-state index is 2.35. The molecule has 0 atom stereocenters. The van der Waals surface area contributed by atoms with Crippen molar-refractivity contribution < 1.29 is 0 Å². The summed E-state index contributed by atoms with van der Waals surface area (Å²) < 4.78 is 0. The molecule has 0 nitrogen and oxygen atoms in total. The minimum atomic E-state index is 1.09. The van der Waals surface area contributed by atoms with E-state index in [4.69, 9.17) is 0 Å². The van der Waals surface area contributed by atoms with Crippen molar-refractivity contribution in [3.8, 4) is 21.6 Å². The highest BCUT2D eigenvalue weighted by molar-refractivity contribution is 7.17. The van der Waals surface area contributed by atoms with Gasteiger partial charge in [0.15, 0.2) is 0 Å². The second-order valence-corrected chi connectivity index (χ2v) is 6.60. The van der Waals surface area contributed by atoms with Crippen LogP contribution >= 0.6 is 11.3 Å². The quantitative estimate of drug-likeness (QED) is 0.539. The highest BCUT2D eigenvalue weighted by Crippen LogP contribution is 2.47. The van der Waals surface area contributed by atoms with Crippen LogP contribution in [0, 0.1) is 0 Å². The number of rotatable bonds is 2. The first-order valence-corrected chi connectivity index (χ1v) is 8.08. The van der Waals surface area contributed by atoms with Gasteiger partial charge in [0.2, 0.25) is 0 Å². The zero-order chi connectivity index (χ0) is 14.2. The third-order valence-corrected chi connectivity index (χ3v) is 5.20. The van der Waals surface area contributed by atoms with Gasteiger partial charge in [-0.25, -0.2) is 0 Å². The van der Waals surface area contributed by atoms with Crippen LogP contribution in [-0.4, -0.2) is 0 Å². The Bertz CT molecular complexity index is 808. The third-order valence-electron chi connectivity index (χ3n) is 3.97. The summed E-state index contributed by atoms with van der Waals surface area (Å²) in [4.78, 5) is 2.83. The van der Waals surface area contributed by atoms with E-state index in [-0.39, 0.29) is 0 Å². The van der Waals surface area contributed by atoms with E-state index in [9.17, 15) is 0 Å². The molecule has 0 amide bonds. The van der Waals surface area contributed by atoms with Crippen molar-refractivity contribution >= 4 is 17.4 Å². The van der Waals surface area contributed by atoms with Crippen molar-refractivity contribution in [3.63, 3.8) is 0 Å². The van der Waals surface area contributed by atoms with Gasteiger partial charge in [0.25, 0.3) is 0 Å². The molecule has 3 aromatic rings. The minimum absolute atomic E-state index is 1.09. The lowest BCUT2D eigenvalue weighted by atomic mass is 9.96. The maximum atomic E-state index is 2.35. The number of hydrogen-bond acceptors (Lipinski definition) is 1. The van der Waals surface area contributed by atoms with Crippen LogP contribution < -0.4 is 0 Å². The van der Waals surface area contributed by atoms with Gasteiger partial charge in [-0.05, 0) is 36.1 Å². The molecule has 1 aromatic heterocycles. The van der Waals surface area contributed by atoms with Crippen molar-refractivity contribution in [3.05, 3.63) is 76.7 Å². The van der Waals surface area contributed by atoms with Gasteiger partial charge in [-0.15, -0.1) is 11.3 Å². The van der Waals surface area contributed by atoms with E-state index in [0.717, 1.165) is 6.42 Å². The van der Waals surface area contributed by atoms with Crippen molar-refractivity contribution in [2.24, 2.45) is 0 Å². The average Bonchev–Trinajstić information content (AvgIpc) is 3.05. The lowest BCUT2D eigenvalue weighted by Crippen LogP contribution is -1.86. The summed E-state index contributed by atoms with van der Waals surface area (Å²) >= 11 is 1.92. The van der Waals surface area contributed by atoms with Crippen LogP contribution in [-0.2, 0) is 6.42 Å². The second-order valence-electron chi connectivity index (χ2n) is 5.55. The van der Waals surface area contributed by atoms with Crippen LogP contribution in [0.5, 0.6) is 0 Å². The predicted molar refractivity (Wildman–Crippen MR) is 92.5 cm³/mol. The zero-order valence-electron chi connectivity index (χ0n) is 12.0. The Morgan fingerprint density at radius 3 is 2.10 bits per heavy atom. The van der Waals surface area contributed by atoms with E-state index in [1.54, 1.807) is 0 Å². The van der Waals surface area contributed by atoms with Gasteiger partial charge in [0.05, 0.1) is 0 Å². The van der Waals surface area contributed by atoms with Crippen molar-refractivity contribution in [2.75, 3.05) is 0 Å². The summed E-state index contributed by atoms with van der Waals surface area (Å²) in [5, 5.41) is 0. The Balaban J connectivity index is 1.97. The number of thiophene rings is 1. The van der Waals surface area contributed by atoms with Crippen LogP contribution in [0.15, 0.2) is 66.2 Å². The monoisotopic (exact) mass is 288 g/mol. The Morgan fingerprint density at radius 1 is 0.810 bits per heavy atom. The first kappa shape index (κ1) is 12.6. The van der Waals surface area contributed by atoms with Gasteiger partial charge in [-0.3, -0.25) is 0 Å². The minimum Gasteiger partial charge on any atom is -0.135 e. The summed E-state index contributed by atoms with van der Waals surface area (Å²) in [5.41, 5.74) is 7.05. The summed E-state index contributed by atoms with van der Waals surface area (Å²) in [6.45, 7) is 2.23. The molecule has 0 saturated carbocycles. The molecule has 1 aliphatic rings. The Hall–Kier alpha value is -2.12. The normalized spacial score (nSPS) is 13.1. The van der Waals surface area contributed by atoms with Crippen LogP contribution in [0.3, 0.4) is 0 Å². The zero-order valence-corrected chi connectivity index (χ0v) is 12.8. The van der Waals surface area contributed by atoms with E-state index in [1.165, 1.54) is 37.6 Å². The smallest absolute Gasteiger partial charge is 0.0430 e. The predicted octanol–water partition coefficient (Wildman–Crippen LogP) is 6.04. The van der Waals surface area contributed by atoms with Crippen LogP contribution in [0.1, 0.15) is 17.4 Å². The number of hydrogen-bond donors (Lipinski definition) is 0. The summed E-state index contributed by atoms with van der Waals surface area (Å²) in [5.74, 6) is 0. The molecule has 0 radical (unpaired) electrons. The number of allylic oxidation sites excluding steroid dienone is 1. The van der Waals surface area contributed by atoms with Crippen LogP contribution in [0.2, 0.25) is 0 Å². The van der Waals surface area contributed by atoms with Gasteiger partial charge in [0, 0.05) is 15.3 Å². The Morgan fingerprint density at radius 2 is 1.43 bits per heavy atom. The largest absolute Gasteiger partial charge is 0.135 e. The fourth-order valence-corrected chi connectivity index (χ4v) is 4.41. The lowest BCUT2D eigenvalue weighted by molar-refractivity contribution is 1.21. The summed E-state index contributed by atoms with van der Waals surface area (Å²) in [7, 11) is 0. The van der Waals surface area contributed by atoms with Crippen LogP contribution in [0.25, 0.3) is 27.6 Å². The topological polar surface area (TPSA) is 0 Å². The first-order valence-electron chi connectivity index (χ1n) is 7.26. The van der Waals surface area contributed by atoms with Gasteiger partial charge >= 0.3 is 0 Å². The molecule has 1 heterocycles. The molecule has 1 aliphatic carbocycles. The molecule has 4 rings (SSSR count). The fourth-order valence-electron chi connectivity index (χ4n) is 3.03.